The van der Waals surface area contributed by atoms with Gasteiger partial charge >= 0.3 is 0 Å². The maximum atomic E-state index is 3.75. The molecule has 104 valence electrons. The average molecular weight is 275 g/mol. The molecule has 0 radical (unpaired) electrons. The Morgan fingerprint density at radius 1 is 1.05 bits per heavy atom. The first-order valence-electron chi connectivity index (χ1n) is 8.04. The molecule has 4 aliphatic carbocycles. The summed E-state index contributed by atoms with van der Waals surface area (Å²) in [5, 5.41) is 3.75. The van der Waals surface area contributed by atoms with E-state index >= 15 is 0 Å². The monoisotopic (exact) mass is 275 g/mol. The predicted molar refractivity (Wildman–Crippen MR) is 81.3 cm³/mol. The van der Waals surface area contributed by atoms with E-state index < -0.39 is 0 Å². The van der Waals surface area contributed by atoms with Crippen molar-refractivity contribution >= 4 is 11.3 Å². The van der Waals surface area contributed by atoms with E-state index in [1.807, 2.05) is 11.3 Å². The molecule has 1 nitrogen and oxygen atoms in total. The van der Waals surface area contributed by atoms with Crippen molar-refractivity contribution < 1.29 is 0 Å². The molecule has 0 aliphatic heterocycles. The second-order valence-electron chi connectivity index (χ2n) is 7.24. The van der Waals surface area contributed by atoms with E-state index in [1.54, 1.807) is 32.1 Å². The molecule has 5 rings (SSSR count). The Morgan fingerprint density at radius 2 is 1.74 bits per heavy atom. The van der Waals surface area contributed by atoms with Crippen LogP contribution >= 0.6 is 11.3 Å². The molecule has 1 aromatic rings. The van der Waals surface area contributed by atoms with Crippen LogP contribution in [0.1, 0.15) is 41.9 Å². The molecule has 4 bridgehead atoms. The zero-order valence-electron chi connectivity index (χ0n) is 11.9. The van der Waals surface area contributed by atoms with Crippen LogP contribution in [0.5, 0.6) is 0 Å². The lowest BCUT2D eigenvalue weighted by molar-refractivity contribution is -0.0355. The molecule has 19 heavy (non-hydrogen) atoms. The summed E-state index contributed by atoms with van der Waals surface area (Å²) >= 11 is 1.94. The van der Waals surface area contributed by atoms with E-state index in [-0.39, 0.29) is 0 Å². The SMILES string of the molecule is Cc1ccc(CNCC2C3CC4CC(C3)CC2C4)s1. The molecule has 1 N–H and O–H groups in total. The van der Waals surface area contributed by atoms with Crippen molar-refractivity contribution in [3.8, 4) is 0 Å². The Labute approximate surface area is 120 Å². The minimum atomic E-state index is 0.994. The van der Waals surface area contributed by atoms with Crippen molar-refractivity contribution in [2.75, 3.05) is 6.54 Å². The van der Waals surface area contributed by atoms with E-state index in [2.05, 4.69) is 24.4 Å². The molecule has 0 atom stereocenters. The van der Waals surface area contributed by atoms with E-state index in [1.165, 1.54) is 16.3 Å². The summed E-state index contributed by atoms with van der Waals surface area (Å²) in [5.74, 6) is 5.34. The zero-order chi connectivity index (χ0) is 12.8. The number of nitrogens with one attached hydrogen (secondary N) is 1. The molecule has 4 fully saturated rings. The first-order chi connectivity index (χ1) is 9.28. The van der Waals surface area contributed by atoms with Gasteiger partial charge < -0.3 is 5.32 Å². The van der Waals surface area contributed by atoms with Crippen LogP contribution in [-0.4, -0.2) is 6.54 Å². The predicted octanol–water partition coefficient (Wildman–Crippen LogP) is 4.22. The van der Waals surface area contributed by atoms with Gasteiger partial charge in [-0.3, -0.25) is 0 Å². The molecule has 0 saturated heterocycles. The second-order valence-corrected chi connectivity index (χ2v) is 8.61. The fourth-order valence-electron chi connectivity index (χ4n) is 5.31. The Bertz CT molecular complexity index is 422. The van der Waals surface area contributed by atoms with Crippen molar-refractivity contribution in [3.05, 3.63) is 21.9 Å². The minimum Gasteiger partial charge on any atom is -0.312 e. The summed E-state index contributed by atoms with van der Waals surface area (Å²) in [5.41, 5.74) is 0. The fraction of sp³-hybridized carbons (Fsp3) is 0.765. The van der Waals surface area contributed by atoms with Gasteiger partial charge in [0.15, 0.2) is 0 Å². The van der Waals surface area contributed by atoms with Crippen molar-refractivity contribution in [2.24, 2.45) is 29.6 Å². The fourth-order valence-corrected chi connectivity index (χ4v) is 6.17. The lowest BCUT2D eigenvalue weighted by Crippen LogP contribution is -2.48. The van der Waals surface area contributed by atoms with Crippen LogP contribution in [0.15, 0.2) is 12.1 Å². The Morgan fingerprint density at radius 3 is 2.32 bits per heavy atom. The highest BCUT2D eigenvalue weighted by Crippen LogP contribution is 2.56. The highest BCUT2D eigenvalue weighted by atomic mass is 32.1. The molecule has 0 spiro atoms. The third kappa shape index (κ3) is 2.38. The number of thiophene rings is 1. The molecule has 1 heterocycles. The summed E-state index contributed by atoms with van der Waals surface area (Å²) in [7, 11) is 0. The summed E-state index contributed by atoms with van der Waals surface area (Å²) in [6.45, 7) is 4.55. The van der Waals surface area contributed by atoms with Gasteiger partial charge in [0.25, 0.3) is 0 Å². The number of hydrogen-bond acceptors (Lipinski definition) is 2. The standard InChI is InChI=1S/C17H25NS/c1-11-2-3-16(19-11)9-18-10-17-14-5-12-4-13(7-14)8-15(17)6-12/h2-3,12-15,17-18H,4-10H2,1H3. The summed E-state index contributed by atoms with van der Waals surface area (Å²) in [6.07, 6.45) is 7.78. The van der Waals surface area contributed by atoms with Gasteiger partial charge in [-0.15, -0.1) is 11.3 Å². The molecule has 0 amide bonds. The Balaban J connectivity index is 1.33. The van der Waals surface area contributed by atoms with Crippen LogP contribution in [0.25, 0.3) is 0 Å². The Kier molecular flexibility index (Phi) is 3.19. The van der Waals surface area contributed by atoms with Crippen LogP contribution in [0.3, 0.4) is 0 Å². The van der Waals surface area contributed by atoms with E-state index in [4.69, 9.17) is 0 Å². The van der Waals surface area contributed by atoms with Crippen molar-refractivity contribution in [1.82, 2.24) is 5.32 Å². The molecule has 4 aliphatic rings. The van der Waals surface area contributed by atoms with E-state index in [0.29, 0.717) is 0 Å². The first kappa shape index (κ1) is 12.4. The van der Waals surface area contributed by atoms with Gasteiger partial charge in [0.2, 0.25) is 0 Å². The van der Waals surface area contributed by atoms with Gasteiger partial charge in [0.05, 0.1) is 0 Å². The van der Waals surface area contributed by atoms with Gasteiger partial charge in [-0.2, -0.15) is 0 Å². The van der Waals surface area contributed by atoms with E-state index in [0.717, 1.165) is 36.1 Å². The van der Waals surface area contributed by atoms with Gasteiger partial charge in [0.1, 0.15) is 0 Å². The quantitative estimate of drug-likeness (QED) is 0.867. The minimum absolute atomic E-state index is 0.994. The topological polar surface area (TPSA) is 12.0 Å². The average Bonchev–Trinajstić information content (AvgIpc) is 2.78. The Hall–Kier alpha value is -0.340. The molecular formula is C17H25NS. The molecule has 0 unspecified atom stereocenters. The van der Waals surface area contributed by atoms with Crippen LogP contribution in [0.2, 0.25) is 0 Å². The summed E-state index contributed by atoms with van der Waals surface area (Å²) in [6, 6.07) is 4.52. The molecule has 4 saturated carbocycles. The van der Waals surface area contributed by atoms with Crippen molar-refractivity contribution in [2.45, 2.75) is 45.6 Å². The lowest BCUT2D eigenvalue weighted by atomic mass is 9.52. The number of rotatable bonds is 4. The normalized spacial score (nSPS) is 39.9. The van der Waals surface area contributed by atoms with Gasteiger partial charge in [-0.25, -0.2) is 0 Å². The smallest absolute Gasteiger partial charge is 0.0299 e. The van der Waals surface area contributed by atoms with Gasteiger partial charge in [0, 0.05) is 16.3 Å². The third-order valence-corrected chi connectivity index (χ3v) is 6.90. The van der Waals surface area contributed by atoms with Crippen LogP contribution in [0, 0.1) is 36.5 Å². The molecule has 2 heteroatoms. The van der Waals surface area contributed by atoms with Gasteiger partial charge in [-0.1, -0.05) is 0 Å². The maximum absolute atomic E-state index is 3.75. The van der Waals surface area contributed by atoms with Crippen LogP contribution in [-0.2, 0) is 6.54 Å². The van der Waals surface area contributed by atoms with Gasteiger partial charge in [-0.05, 0) is 87.3 Å². The number of aryl methyl sites for hydroxylation is 1. The zero-order valence-corrected chi connectivity index (χ0v) is 12.7. The summed E-state index contributed by atoms with van der Waals surface area (Å²) in [4.78, 5) is 2.94. The number of hydrogen-bond donors (Lipinski definition) is 1. The van der Waals surface area contributed by atoms with Crippen molar-refractivity contribution in [1.29, 1.82) is 0 Å². The molecule has 0 aromatic carbocycles. The van der Waals surface area contributed by atoms with E-state index in [9.17, 15) is 0 Å². The van der Waals surface area contributed by atoms with Crippen LogP contribution < -0.4 is 5.32 Å². The largest absolute Gasteiger partial charge is 0.312 e. The maximum Gasteiger partial charge on any atom is 0.0299 e. The lowest BCUT2D eigenvalue weighted by Gasteiger charge is -2.54. The van der Waals surface area contributed by atoms with Crippen LogP contribution in [0.4, 0.5) is 0 Å². The molecule has 1 aromatic heterocycles. The second kappa shape index (κ2) is 4.89. The highest BCUT2D eigenvalue weighted by molar-refractivity contribution is 7.11. The highest BCUT2D eigenvalue weighted by Gasteiger charge is 2.47. The van der Waals surface area contributed by atoms with Crippen molar-refractivity contribution in [3.63, 3.8) is 0 Å². The summed E-state index contributed by atoms with van der Waals surface area (Å²) < 4.78 is 0. The third-order valence-electron chi connectivity index (χ3n) is 5.90. The first-order valence-corrected chi connectivity index (χ1v) is 8.85. The molecular weight excluding hydrogens is 250 g/mol.